The predicted molar refractivity (Wildman–Crippen MR) is 173 cm³/mol. The van der Waals surface area contributed by atoms with Gasteiger partial charge >= 0.3 is 252 Å². The second kappa shape index (κ2) is 15.2. The molecule has 0 atom stereocenters. The van der Waals surface area contributed by atoms with E-state index in [9.17, 15) is 14.4 Å². The topological polar surface area (TPSA) is 87.3 Å². The molecular weight excluding hydrogens is 668 g/mol. The minimum atomic E-state index is -2.19. The van der Waals surface area contributed by atoms with Crippen molar-refractivity contribution < 1.29 is 14.4 Å². The van der Waals surface area contributed by atoms with Crippen LogP contribution in [0.2, 0.25) is 0 Å². The van der Waals surface area contributed by atoms with Gasteiger partial charge in [0.15, 0.2) is 0 Å². The van der Waals surface area contributed by atoms with Gasteiger partial charge in [0.25, 0.3) is 0 Å². The fourth-order valence-electron chi connectivity index (χ4n) is 2.82. The molecule has 0 aliphatic heterocycles. The maximum absolute atomic E-state index is 11.9. The Morgan fingerprint density at radius 1 is 0.500 bits per heavy atom. The molecular formula is C30H30N3O3S3Sb. The van der Waals surface area contributed by atoms with Crippen LogP contribution in [-0.2, 0) is 14.4 Å². The van der Waals surface area contributed by atoms with Crippen molar-refractivity contribution in [2.24, 2.45) is 0 Å². The first-order valence-electron chi connectivity index (χ1n) is 12.0. The Morgan fingerprint density at radius 3 is 0.925 bits per heavy atom. The Hall–Kier alpha value is -2.84. The number of benzene rings is 3. The van der Waals surface area contributed by atoms with Gasteiger partial charge in [-0.05, 0) is 0 Å². The van der Waals surface area contributed by atoms with E-state index in [4.69, 9.17) is 0 Å². The van der Waals surface area contributed by atoms with Crippen molar-refractivity contribution in [2.45, 2.75) is 35.5 Å². The third kappa shape index (κ3) is 10.3. The Morgan fingerprint density at radius 2 is 0.725 bits per heavy atom. The molecule has 40 heavy (non-hydrogen) atoms. The first-order valence-corrected chi connectivity index (χ1v) is 23.7. The molecule has 0 fully saturated rings. The van der Waals surface area contributed by atoms with Crippen LogP contribution < -0.4 is 16.0 Å². The molecule has 10 heteroatoms. The van der Waals surface area contributed by atoms with Gasteiger partial charge in [-0.25, -0.2) is 0 Å². The molecule has 6 nitrogen and oxygen atoms in total. The van der Waals surface area contributed by atoms with Crippen LogP contribution >= 0.6 is 26.5 Å². The number of amides is 3. The number of nitrogens with one attached hydrogen (secondary N) is 3. The molecule has 3 amide bonds. The van der Waals surface area contributed by atoms with Crippen molar-refractivity contribution in [3.63, 3.8) is 0 Å². The first-order chi connectivity index (χ1) is 19.0. The molecule has 0 aliphatic carbocycles. The molecule has 0 aromatic heterocycles. The van der Waals surface area contributed by atoms with Gasteiger partial charge in [-0.1, -0.05) is 0 Å². The van der Waals surface area contributed by atoms with Gasteiger partial charge in [0, 0.05) is 0 Å². The number of anilines is 3. The molecule has 3 aromatic carbocycles. The van der Waals surface area contributed by atoms with Gasteiger partial charge in [0.2, 0.25) is 0 Å². The van der Waals surface area contributed by atoms with Crippen molar-refractivity contribution >= 4 is 77.3 Å². The summed E-state index contributed by atoms with van der Waals surface area (Å²) in [6.07, 6.45) is 0. The molecule has 0 bridgehead atoms. The van der Waals surface area contributed by atoms with Crippen LogP contribution in [0.4, 0.5) is 17.1 Å². The van der Waals surface area contributed by atoms with Gasteiger partial charge in [-0.15, -0.1) is 0 Å². The molecule has 3 N–H and O–H groups in total. The van der Waals surface area contributed by atoms with Crippen LogP contribution in [0, 0.1) is 0 Å². The zero-order chi connectivity index (χ0) is 29.2. The molecule has 0 spiro atoms. The maximum atomic E-state index is 11.9. The molecule has 0 heterocycles. The van der Waals surface area contributed by atoms with E-state index in [1.54, 1.807) is 20.8 Å². The summed E-state index contributed by atoms with van der Waals surface area (Å²) in [6, 6.07) is 23.5. The number of carbonyl (C=O) groups excluding carboxylic acids is 3. The Kier molecular flexibility index (Phi) is 12.1. The molecule has 0 saturated heterocycles. The summed E-state index contributed by atoms with van der Waals surface area (Å²) in [5.74, 6) is -0.604. The summed E-state index contributed by atoms with van der Waals surface area (Å²) < 4.78 is 0. The Balaban J connectivity index is 1.76. The zero-order valence-electron chi connectivity index (χ0n) is 22.4. The number of hydrogen-bond acceptors (Lipinski definition) is 6. The summed E-state index contributed by atoms with van der Waals surface area (Å²) >= 11 is -2.19. The van der Waals surface area contributed by atoms with Gasteiger partial charge in [-0.2, -0.15) is 0 Å². The second-order valence-corrected chi connectivity index (χ2v) is 28.7. The molecule has 0 unspecified atom stereocenters. The van der Waals surface area contributed by atoms with E-state index in [-0.39, 0.29) is 17.7 Å². The van der Waals surface area contributed by atoms with Crippen molar-refractivity contribution in [1.29, 1.82) is 0 Å². The van der Waals surface area contributed by atoms with E-state index in [0.717, 1.165) is 31.7 Å². The second-order valence-electron chi connectivity index (χ2n) is 8.77. The van der Waals surface area contributed by atoms with Crippen molar-refractivity contribution in [3.05, 3.63) is 109 Å². The average Bonchev–Trinajstić information content (AvgIpc) is 2.91. The normalized spacial score (nSPS) is 10.5. The first kappa shape index (κ1) is 31.7. The van der Waals surface area contributed by atoms with Gasteiger partial charge < -0.3 is 0 Å². The average molecular weight is 699 g/mol. The summed E-state index contributed by atoms with van der Waals surface area (Å²) in [5, 5.41) is 8.52. The number of hydrogen-bond donors (Lipinski definition) is 3. The van der Waals surface area contributed by atoms with E-state index < -0.39 is 16.0 Å². The Bertz CT molecular complexity index is 1250. The molecule has 0 saturated carbocycles. The standard InChI is InChI=1S/3C10H11NOS.Sb/c3*1-7(2)10(12)11-8-3-5-9(13)6-4-8;/h3*3-6,13H,1H2,2H3,(H,11,12);/q;;;+3/p-3. The van der Waals surface area contributed by atoms with Gasteiger partial charge in [-0.3, -0.25) is 0 Å². The monoisotopic (exact) mass is 697 g/mol. The molecule has 0 aliphatic rings. The third-order valence-electron chi connectivity index (χ3n) is 5.04. The molecule has 206 valence electrons. The third-order valence-corrected chi connectivity index (χ3v) is 25.2. The van der Waals surface area contributed by atoms with E-state index in [0.29, 0.717) is 16.7 Å². The van der Waals surface area contributed by atoms with Crippen LogP contribution in [0.25, 0.3) is 0 Å². The van der Waals surface area contributed by atoms with Crippen LogP contribution in [0.15, 0.2) is 124 Å². The minimum absolute atomic E-state index is 0.201. The fourth-order valence-corrected chi connectivity index (χ4v) is 25.4. The number of carbonyl (C=O) groups is 3. The quantitative estimate of drug-likeness (QED) is 0.132. The van der Waals surface area contributed by atoms with Crippen LogP contribution in [-0.4, -0.2) is 33.7 Å². The van der Waals surface area contributed by atoms with Crippen LogP contribution in [0.3, 0.4) is 0 Å². The molecule has 3 aromatic rings. The van der Waals surface area contributed by atoms with E-state index >= 15 is 0 Å². The van der Waals surface area contributed by atoms with E-state index in [1.165, 1.54) is 0 Å². The summed E-state index contributed by atoms with van der Waals surface area (Å²) in [7, 11) is 5.60. The van der Waals surface area contributed by atoms with E-state index in [1.807, 2.05) is 99.3 Å². The number of rotatable bonds is 12. The van der Waals surface area contributed by atoms with Crippen molar-refractivity contribution in [1.82, 2.24) is 0 Å². The Labute approximate surface area is 250 Å². The van der Waals surface area contributed by atoms with Gasteiger partial charge in [0.05, 0.1) is 0 Å². The molecule has 0 radical (unpaired) electrons. The molecule has 3 rings (SSSR count). The SMILES string of the molecule is C=C(C)C(=O)Nc1ccc([S][Sb]([S]c2ccc(NC(=O)C(=C)C)cc2)[S]c2ccc(NC(=O)C(=C)C)cc2)cc1. The van der Waals surface area contributed by atoms with Crippen molar-refractivity contribution in [3.8, 4) is 0 Å². The fraction of sp³-hybridized carbons (Fsp3) is 0.100. The summed E-state index contributed by atoms with van der Waals surface area (Å²) in [5.41, 5.74) is 3.53. The zero-order valence-corrected chi connectivity index (χ0v) is 27.4. The van der Waals surface area contributed by atoms with Gasteiger partial charge in [0.1, 0.15) is 0 Å². The van der Waals surface area contributed by atoms with Crippen LogP contribution in [0.5, 0.6) is 0 Å². The van der Waals surface area contributed by atoms with Crippen molar-refractivity contribution in [2.75, 3.05) is 16.0 Å². The predicted octanol–water partition coefficient (Wildman–Crippen LogP) is 7.89. The van der Waals surface area contributed by atoms with Crippen LogP contribution in [0.1, 0.15) is 20.8 Å². The summed E-state index contributed by atoms with van der Waals surface area (Å²) in [6.45, 7) is 16.1. The summed E-state index contributed by atoms with van der Waals surface area (Å²) in [4.78, 5) is 39.2. The van der Waals surface area contributed by atoms with E-state index in [2.05, 4.69) is 35.7 Å².